The Bertz CT molecular complexity index is 307. The molecule has 1 aliphatic heterocycles. The standard InChI is InChI=1S/C12H19NO2S/c1-10(11-3-2-6-15-11)13-9-12(14)4-7-16-8-5-12/h2-3,6,10,13-14H,4-5,7-9H2,1H3. The molecule has 2 rings (SSSR count). The predicted octanol–water partition coefficient (Wildman–Crippen LogP) is 2.19. The Morgan fingerprint density at radius 2 is 2.31 bits per heavy atom. The van der Waals surface area contributed by atoms with Crippen LogP contribution in [0, 0.1) is 0 Å². The van der Waals surface area contributed by atoms with E-state index in [4.69, 9.17) is 4.42 Å². The van der Waals surface area contributed by atoms with Crippen LogP contribution < -0.4 is 5.32 Å². The van der Waals surface area contributed by atoms with Crippen LogP contribution in [0.2, 0.25) is 0 Å². The van der Waals surface area contributed by atoms with E-state index in [1.165, 1.54) is 0 Å². The molecule has 1 aromatic rings. The highest BCUT2D eigenvalue weighted by atomic mass is 32.2. The lowest BCUT2D eigenvalue weighted by Gasteiger charge is -2.32. The van der Waals surface area contributed by atoms with Crippen molar-refractivity contribution in [3.05, 3.63) is 24.2 Å². The maximum absolute atomic E-state index is 10.3. The van der Waals surface area contributed by atoms with Crippen LogP contribution >= 0.6 is 11.8 Å². The number of hydrogen-bond donors (Lipinski definition) is 2. The molecule has 16 heavy (non-hydrogen) atoms. The van der Waals surface area contributed by atoms with E-state index in [0.29, 0.717) is 6.54 Å². The van der Waals surface area contributed by atoms with E-state index < -0.39 is 5.60 Å². The number of furan rings is 1. The van der Waals surface area contributed by atoms with Crippen molar-refractivity contribution in [1.29, 1.82) is 0 Å². The topological polar surface area (TPSA) is 45.4 Å². The van der Waals surface area contributed by atoms with Gasteiger partial charge in [0.2, 0.25) is 0 Å². The minimum atomic E-state index is -0.522. The van der Waals surface area contributed by atoms with Crippen molar-refractivity contribution in [2.24, 2.45) is 0 Å². The van der Waals surface area contributed by atoms with Crippen LogP contribution in [-0.4, -0.2) is 28.8 Å². The monoisotopic (exact) mass is 241 g/mol. The lowest BCUT2D eigenvalue weighted by Crippen LogP contribution is -2.44. The number of aliphatic hydroxyl groups is 1. The third-order valence-corrected chi connectivity index (χ3v) is 4.12. The van der Waals surface area contributed by atoms with E-state index in [1.54, 1.807) is 6.26 Å². The average molecular weight is 241 g/mol. The van der Waals surface area contributed by atoms with Gasteiger partial charge in [-0.15, -0.1) is 0 Å². The Balaban J connectivity index is 1.82. The van der Waals surface area contributed by atoms with Gasteiger partial charge in [0.15, 0.2) is 0 Å². The summed E-state index contributed by atoms with van der Waals surface area (Å²) in [6.07, 6.45) is 3.45. The molecule has 2 heterocycles. The number of nitrogens with one attached hydrogen (secondary N) is 1. The van der Waals surface area contributed by atoms with Crippen LogP contribution in [0.4, 0.5) is 0 Å². The van der Waals surface area contributed by atoms with Crippen molar-refractivity contribution >= 4 is 11.8 Å². The van der Waals surface area contributed by atoms with E-state index in [9.17, 15) is 5.11 Å². The number of hydrogen-bond acceptors (Lipinski definition) is 4. The highest BCUT2D eigenvalue weighted by molar-refractivity contribution is 7.99. The zero-order chi connectivity index (χ0) is 11.4. The van der Waals surface area contributed by atoms with Gasteiger partial charge < -0.3 is 14.8 Å². The summed E-state index contributed by atoms with van der Waals surface area (Å²) in [5.74, 6) is 3.05. The van der Waals surface area contributed by atoms with Crippen molar-refractivity contribution in [3.63, 3.8) is 0 Å². The maximum atomic E-state index is 10.3. The molecule has 0 radical (unpaired) electrons. The molecule has 0 bridgehead atoms. The van der Waals surface area contributed by atoms with Gasteiger partial charge in [-0.2, -0.15) is 11.8 Å². The van der Waals surface area contributed by atoms with Gasteiger partial charge in [0.1, 0.15) is 5.76 Å². The molecule has 1 fully saturated rings. The third kappa shape index (κ3) is 3.03. The summed E-state index contributed by atoms with van der Waals surface area (Å²) in [6, 6.07) is 4.01. The van der Waals surface area contributed by atoms with Crippen LogP contribution in [0.5, 0.6) is 0 Å². The zero-order valence-electron chi connectivity index (χ0n) is 9.61. The molecule has 0 spiro atoms. The van der Waals surface area contributed by atoms with E-state index >= 15 is 0 Å². The average Bonchev–Trinajstić information content (AvgIpc) is 2.80. The maximum Gasteiger partial charge on any atom is 0.120 e. The molecule has 3 nitrogen and oxygen atoms in total. The van der Waals surface area contributed by atoms with Gasteiger partial charge in [-0.1, -0.05) is 0 Å². The molecule has 1 atom stereocenters. The van der Waals surface area contributed by atoms with Gasteiger partial charge in [0, 0.05) is 6.54 Å². The molecule has 1 aliphatic rings. The molecule has 0 aromatic carbocycles. The summed E-state index contributed by atoms with van der Waals surface area (Å²) in [7, 11) is 0. The molecular weight excluding hydrogens is 222 g/mol. The highest BCUT2D eigenvalue weighted by Gasteiger charge is 2.29. The Morgan fingerprint density at radius 1 is 1.56 bits per heavy atom. The Morgan fingerprint density at radius 3 is 2.94 bits per heavy atom. The first kappa shape index (κ1) is 12.0. The molecular formula is C12H19NO2S. The summed E-state index contributed by atoms with van der Waals surface area (Å²) in [5.41, 5.74) is -0.522. The van der Waals surface area contributed by atoms with Crippen LogP contribution in [0.25, 0.3) is 0 Å². The molecule has 1 unspecified atom stereocenters. The molecule has 0 saturated carbocycles. The van der Waals surface area contributed by atoms with Crippen LogP contribution in [0.1, 0.15) is 31.6 Å². The minimum absolute atomic E-state index is 0.161. The fraction of sp³-hybridized carbons (Fsp3) is 0.667. The summed E-state index contributed by atoms with van der Waals surface area (Å²) in [5, 5.41) is 13.7. The Hall–Kier alpha value is -0.450. The predicted molar refractivity (Wildman–Crippen MR) is 66.6 cm³/mol. The first-order valence-electron chi connectivity index (χ1n) is 5.77. The summed E-state index contributed by atoms with van der Waals surface area (Å²) in [6.45, 7) is 2.70. The van der Waals surface area contributed by atoms with Gasteiger partial charge in [0.05, 0.1) is 17.9 Å². The second kappa shape index (κ2) is 5.25. The molecule has 4 heteroatoms. The smallest absolute Gasteiger partial charge is 0.120 e. The first-order valence-corrected chi connectivity index (χ1v) is 6.92. The fourth-order valence-electron chi connectivity index (χ4n) is 1.91. The Labute approximate surface area is 101 Å². The third-order valence-electron chi connectivity index (χ3n) is 3.13. The van der Waals surface area contributed by atoms with Gasteiger partial charge in [-0.3, -0.25) is 0 Å². The summed E-state index contributed by atoms with van der Waals surface area (Å²) < 4.78 is 5.32. The summed E-state index contributed by atoms with van der Waals surface area (Å²) >= 11 is 1.92. The van der Waals surface area contributed by atoms with E-state index in [-0.39, 0.29) is 6.04 Å². The molecule has 0 amide bonds. The van der Waals surface area contributed by atoms with Crippen molar-refractivity contribution in [3.8, 4) is 0 Å². The quantitative estimate of drug-likeness (QED) is 0.848. The van der Waals surface area contributed by atoms with Gasteiger partial charge in [-0.25, -0.2) is 0 Å². The van der Waals surface area contributed by atoms with Crippen molar-refractivity contribution in [2.45, 2.75) is 31.4 Å². The van der Waals surface area contributed by atoms with Crippen LogP contribution in [0.3, 0.4) is 0 Å². The molecule has 0 aliphatic carbocycles. The van der Waals surface area contributed by atoms with Crippen LogP contribution in [-0.2, 0) is 0 Å². The highest BCUT2D eigenvalue weighted by Crippen LogP contribution is 2.27. The summed E-state index contributed by atoms with van der Waals surface area (Å²) in [4.78, 5) is 0. The zero-order valence-corrected chi connectivity index (χ0v) is 10.4. The van der Waals surface area contributed by atoms with E-state index in [1.807, 2.05) is 23.9 Å². The molecule has 1 saturated heterocycles. The number of rotatable bonds is 4. The second-order valence-electron chi connectivity index (χ2n) is 4.45. The SMILES string of the molecule is CC(NCC1(O)CCSCC1)c1ccco1. The lowest BCUT2D eigenvalue weighted by atomic mass is 9.96. The minimum Gasteiger partial charge on any atom is -0.468 e. The van der Waals surface area contributed by atoms with Crippen molar-refractivity contribution in [1.82, 2.24) is 5.32 Å². The van der Waals surface area contributed by atoms with Crippen molar-refractivity contribution in [2.75, 3.05) is 18.1 Å². The molecule has 2 N–H and O–H groups in total. The van der Waals surface area contributed by atoms with Gasteiger partial charge in [-0.05, 0) is 43.4 Å². The fourth-order valence-corrected chi connectivity index (χ4v) is 3.16. The van der Waals surface area contributed by atoms with Crippen LogP contribution in [0.15, 0.2) is 22.8 Å². The number of thioether (sulfide) groups is 1. The molecule has 90 valence electrons. The first-order chi connectivity index (χ1) is 7.70. The van der Waals surface area contributed by atoms with Gasteiger partial charge in [0.25, 0.3) is 0 Å². The van der Waals surface area contributed by atoms with Gasteiger partial charge >= 0.3 is 0 Å². The molecule has 1 aromatic heterocycles. The van der Waals surface area contributed by atoms with E-state index in [2.05, 4.69) is 12.2 Å². The largest absolute Gasteiger partial charge is 0.468 e. The van der Waals surface area contributed by atoms with E-state index in [0.717, 1.165) is 30.1 Å². The van der Waals surface area contributed by atoms with Crippen molar-refractivity contribution < 1.29 is 9.52 Å². The lowest BCUT2D eigenvalue weighted by molar-refractivity contribution is 0.0295. The Kier molecular flexibility index (Phi) is 3.95. The second-order valence-corrected chi connectivity index (χ2v) is 5.68. The normalized spacial score (nSPS) is 21.9.